The minimum Gasteiger partial charge on any atom is -0.408 e. The molecule has 1 aromatic heterocycles. The number of aromatic nitrogens is 2. The molecule has 8 heteroatoms. The van der Waals surface area contributed by atoms with Gasteiger partial charge in [0.1, 0.15) is 0 Å². The number of hydrogen-bond donors (Lipinski definition) is 2. The molecule has 0 aromatic carbocycles. The molecule has 2 rings (SSSR count). The Morgan fingerprint density at radius 2 is 2.35 bits per heavy atom. The Labute approximate surface area is 100 Å². The van der Waals surface area contributed by atoms with Crippen LogP contribution in [0.2, 0.25) is 0 Å². The predicted molar refractivity (Wildman–Crippen MR) is 62.0 cm³/mol. The van der Waals surface area contributed by atoms with Crippen LogP contribution >= 0.6 is 0 Å². The SMILES string of the molecule is Cc1nnc(NS(=O)(=O)CC2CCCNC2)o1. The monoisotopic (exact) mass is 260 g/mol. The number of anilines is 1. The lowest BCUT2D eigenvalue weighted by Gasteiger charge is -2.22. The van der Waals surface area contributed by atoms with E-state index in [1.54, 1.807) is 6.92 Å². The van der Waals surface area contributed by atoms with E-state index in [1.807, 2.05) is 0 Å². The lowest BCUT2D eigenvalue weighted by atomic mass is 10.0. The normalized spacial score (nSPS) is 21.4. The number of aryl methyl sites for hydroxylation is 1. The summed E-state index contributed by atoms with van der Waals surface area (Å²) in [6.07, 6.45) is 1.94. The summed E-state index contributed by atoms with van der Waals surface area (Å²) in [5.41, 5.74) is 0. The fraction of sp³-hybridized carbons (Fsp3) is 0.778. The zero-order valence-corrected chi connectivity index (χ0v) is 10.5. The van der Waals surface area contributed by atoms with Gasteiger partial charge in [-0.15, -0.1) is 5.10 Å². The molecule has 0 bridgehead atoms. The van der Waals surface area contributed by atoms with Crippen molar-refractivity contribution in [3.8, 4) is 0 Å². The first-order valence-electron chi connectivity index (χ1n) is 5.56. The molecule has 1 aromatic rings. The molecule has 0 spiro atoms. The fourth-order valence-electron chi connectivity index (χ4n) is 1.89. The number of nitrogens with zero attached hydrogens (tertiary/aromatic N) is 2. The van der Waals surface area contributed by atoms with E-state index in [-0.39, 0.29) is 17.7 Å². The maximum atomic E-state index is 11.8. The molecule has 17 heavy (non-hydrogen) atoms. The maximum absolute atomic E-state index is 11.8. The quantitative estimate of drug-likeness (QED) is 0.798. The van der Waals surface area contributed by atoms with E-state index in [9.17, 15) is 8.42 Å². The zero-order valence-electron chi connectivity index (χ0n) is 9.64. The highest BCUT2D eigenvalue weighted by Gasteiger charge is 2.22. The molecule has 96 valence electrons. The second-order valence-electron chi connectivity index (χ2n) is 4.22. The van der Waals surface area contributed by atoms with Gasteiger partial charge in [-0.3, -0.25) is 0 Å². The molecule has 2 heterocycles. The van der Waals surface area contributed by atoms with Crippen LogP contribution < -0.4 is 10.0 Å². The first-order chi connectivity index (χ1) is 8.05. The topological polar surface area (TPSA) is 97.1 Å². The van der Waals surface area contributed by atoms with Crippen LogP contribution in [0.1, 0.15) is 18.7 Å². The summed E-state index contributed by atoms with van der Waals surface area (Å²) in [6.45, 7) is 3.31. The molecule has 0 radical (unpaired) electrons. The Kier molecular flexibility index (Phi) is 3.63. The maximum Gasteiger partial charge on any atom is 0.329 e. The van der Waals surface area contributed by atoms with Crippen molar-refractivity contribution in [2.75, 3.05) is 23.6 Å². The van der Waals surface area contributed by atoms with Crippen molar-refractivity contribution < 1.29 is 12.8 Å². The Morgan fingerprint density at radius 1 is 1.53 bits per heavy atom. The molecule has 1 saturated heterocycles. The van der Waals surface area contributed by atoms with Gasteiger partial charge >= 0.3 is 6.01 Å². The van der Waals surface area contributed by atoms with Crippen LogP contribution in [0.4, 0.5) is 6.01 Å². The molecule has 1 unspecified atom stereocenters. The summed E-state index contributed by atoms with van der Waals surface area (Å²) in [7, 11) is -3.41. The number of hydrogen-bond acceptors (Lipinski definition) is 6. The zero-order chi connectivity index (χ0) is 12.3. The summed E-state index contributed by atoms with van der Waals surface area (Å²) in [5, 5.41) is 10.3. The van der Waals surface area contributed by atoms with Gasteiger partial charge < -0.3 is 9.73 Å². The van der Waals surface area contributed by atoms with Gasteiger partial charge in [0.05, 0.1) is 5.75 Å². The number of rotatable bonds is 4. The van der Waals surface area contributed by atoms with Gasteiger partial charge in [-0.1, -0.05) is 5.10 Å². The Morgan fingerprint density at radius 3 is 2.94 bits per heavy atom. The first-order valence-corrected chi connectivity index (χ1v) is 7.22. The van der Waals surface area contributed by atoms with E-state index >= 15 is 0 Å². The molecule has 1 atom stereocenters. The lowest BCUT2D eigenvalue weighted by Crippen LogP contribution is -2.35. The highest BCUT2D eigenvalue weighted by Crippen LogP contribution is 2.14. The van der Waals surface area contributed by atoms with Crippen molar-refractivity contribution >= 4 is 16.0 Å². The van der Waals surface area contributed by atoms with Crippen molar-refractivity contribution in [1.82, 2.24) is 15.5 Å². The number of nitrogens with one attached hydrogen (secondary N) is 2. The van der Waals surface area contributed by atoms with Crippen LogP contribution in [0.3, 0.4) is 0 Å². The average Bonchev–Trinajstić information content (AvgIpc) is 2.63. The standard InChI is InChI=1S/C9H16N4O3S/c1-7-11-12-9(16-7)13-17(14,15)6-8-3-2-4-10-5-8/h8,10H,2-6H2,1H3,(H,12,13). The first kappa shape index (κ1) is 12.3. The van der Waals surface area contributed by atoms with Crippen LogP contribution in [0.25, 0.3) is 0 Å². The highest BCUT2D eigenvalue weighted by atomic mass is 32.2. The predicted octanol–water partition coefficient (Wildman–Crippen LogP) is 0.119. The lowest BCUT2D eigenvalue weighted by molar-refractivity contribution is 0.404. The van der Waals surface area contributed by atoms with Crippen LogP contribution in [-0.2, 0) is 10.0 Å². The summed E-state index contributed by atoms with van der Waals surface area (Å²) >= 11 is 0. The van der Waals surface area contributed by atoms with E-state index in [1.165, 1.54) is 0 Å². The van der Waals surface area contributed by atoms with Crippen LogP contribution in [0.5, 0.6) is 0 Å². The summed E-state index contributed by atoms with van der Waals surface area (Å²) in [4.78, 5) is 0. The number of piperidine rings is 1. The van der Waals surface area contributed by atoms with Gasteiger partial charge in [0.15, 0.2) is 0 Å². The molecule has 0 amide bonds. The Hall–Kier alpha value is -1.15. The minimum atomic E-state index is -3.41. The molecule has 0 aliphatic carbocycles. The molecule has 1 aliphatic heterocycles. The van der Waals surface area contributed by atoms with Gasteiger partial charge in [0.25, 0.3) is 0 Å². The highest BCUT2D eigenvalue weighted by molar-refractivity contribution is 7.92. The van der Waals surface area contributed by atoms with Gasteiger partial charge in [-0.05, 0) is 31.8 Å². The fourth-order valence-corrected chi connectivity index (χ4v) is 3.23. The van der Waals surface area contributed by atoms with Crippen LogP contribution in [0.15, 0.2) is 4.42 Å². The van der Waals surface area contributed by atoms with Crippen molar-refractivity contribution in [3.05, 3.63) is 5.89 Å². The molecule has 1 aliphatic rings. The second kappa shape index (κ2) is 5.01. The van der Waals surface area contributed by atoms with Crippen molar-refractivity contribution in [2.45, 2.75) is 19.8 Å². The summed E-state index contributed by atoms with van der Waals surface area (Å²) in [6, 6.07) is -0.0636. The van der Waals surface area contributed by atoms with E-state index in [0.29, 0.717) is 5.89 Å². The van der Waals surface area contributed by atoms with Crippen molar-refractivity contribution in [2.24, 2.45) is 5.92 Å². The van der Waals surface area contributed by atoms with Gasteiger partial charge in [-0.25, -0.2) is 13.1 Å². The second-order valence-corrected chi connectivity index (χ2v) is 5.99. The summed E-state index contributed by atoms with van der Waals surface area (Å²) < 4.78 is 30.9. The molecular weight excluding hydrogens is 244 g/mol. The van der Waals surface area contributed by atoms with E-state index in [2.05, 4.69) is 20.2 Å². The molecule has 1 fully saturated rings. The third-order valence-corrected chi connectivity index (χ3v) is 4.02. The molecular formula is C9H16N4O3S. The van der Waals surface area contributed by atoms with E-state index < -0.39 is 10.0 Å². The van der Waals surface area contributed by atoms with Gasteiger partial charge in [0, 0.05) is 6.92 Å². The van der Waals surface area contributed by atoms with E-state index in [0.717, 1.165) is 25.9 Å². The molecule has 0 saturated carbocycles. The van der Waals surface area contributed by atoms with Crippen LogP contribution in [-0.4, -0.2) is 37.5 Å². The van der Waals surface area contributed by atoms with Crippen molar-refractivity contribution in [3.63, 3.8) is 0 Å². The Balaban J connectivity index is 1.94. The van der Waals surface area contributed by atoms with Crippen molar-refractivity contribution in [1.29, 1.82) is 0 Å². The third-order valence-electron chi connectivity index (χ3n) is 2.62. The average molecular weight is 260 g/mol. The Bertz CT molecular complexity index is 464. The molecule has 7 nitrogen and oxygen atoms in total. The third kappa shape index (κ3) is 3.67. The molecule has 2 N–H and O–H groups in total. The van der Waals surface area contributed by atoms with Crippen LogP contribution in [0, 0.1) is 12.8 Å². The minimum absolute atomic E-state index is 0.0636. The van der Waals surface area contributed by atoms with Gasteiger partial charge in [0.2, 0.25) is 15.9 Å². The number of sulfonamides is 1. The van der Waals surface area contributed by atoms with E-state index in [4.69, 9.17) is 4.42 Å². The largest absolute Gasteiger partial charge is 0.408 e. The van der Waals surface area contributed by atoms with Gasteiger partial charge in [-0.2, -0.15) is 0 Å². The summed E-state index contributed by atoms with van der Waals surface area (Å²) in [5.74, 6) is 0.564. The smallest absolute Gasteiger partial charge is 0.329 e.